The van der Waals surface area contributed by atoms with Gasteiger partial charge in [0, 0.05) is 7.05 Å². The molecule has 0 fully saturated rings. The lowest BCUT2D eigenvalue weighted by Gasteiger charge is -2.24. The van der Waals surface area contributed by atoms with Crippen molar-refractivity contribution in [2.24, 2.45) is 5.73 Å². The molecule has 2 rings (SSSR count). The standard InChI is InChI=1S/C15H17FN2O2/c1-10(11-3-5-12(16)6-4-11)18(2)15(19)14-8-7-13(9-17)20-14/h3-8,10H,9,17H2,1-2H3. The minimum atomic E-state index is -0.298. The summed E-state index contributed by atoms with van der Waals surface area (Å²) in [6, 6.07) is 9.19. The number of benzene rings is 1. The Morgan fingerprint density at radius 1 is 1.30 bits per heavy atom. The van der Waals surface area contributed by atoms with Gasteiger partial charge in [0.2, 0.25) is 0 Å². The quantitative estimate of drug-likeness (QED) is 0.934. The smallest absolute Gasteiger partial charge is 0.289 e. The van der Waals surface area contributed by atoms with Crippen LogP contribution in [0.1, 0.15) is 34.8 Å². The summed E-state index contributed by atoms with van der Waals surface area (Å²) in [4.78, 5) is 13.8. The zero-order valence-corrected chi connectivity index (χ0v) is 11.5. The van der Waals surface area contributed by atoms with E-state index in [2.05, 4.69) is 0 Å². The van der Waals surface area contributed by atoms with E-state index in [1.54, 1.807) is 36.2 Å². The van der Waals surface area contributed by atoms with Gasteiger partial charge < -0.3 is 15.1 Å². The molecule has 1 aromatic carbocycles. The Morgan fingerprint density at radius 3 is 2.50 bits per heavy atom. The normalized spacial score (nSPS) is 12.2. The fourth-order valence-electron chi connectivity index (χ4n) is 1.92. The maximum atomic E-state index is 12.9. The van der Waals surface area contributed by atoms with Crippen LogP contribution in [-0.4, -0.2) is 17.9 Å². The number of halogens is 1. The number of nitrogens with two attached hydrogens (primary N) is 1. The van der Waals surface area contributed by atoms with Gasteiger partial charge in [0.15, 0.2) is 5.76 Å². The molecule has 5 heteroatoms. The fourth-order valence-corrected chi connectivity index (χ4v) is 1.92. The van der Waals surface area contributed by atoms with Gasteiger partial charge in [-0.1, -0.05) is 12.1 Å². The Labute approximate surface area is 117 Å². The lowest BCUT2D eigenvalue weighted by atomic mass is 10.1. The summed E-state index contributed by atoms with van der Waals surface area (Å²) < 4.78 is 18.3. The molecule has 0 aliphatic heterocycles. The maximum absolute atomic E-state index is 12.9. The highest BCUT2D eigenvalue weighted by atomic mass is 19.1. The number of amides is 1. The van der Waals surface area contributed by atoms with Crippen LogP contribution in [0.5, 0.6) is 0 Å². The van der Waals surface area contributed by atoms with E-state index < -0.39 is 0 Å². The van der Waals surface area contributed by atoms with E-state index in [0.717, 1.165) is 5.56 Å². The Bertz CT molecular complexity index is 592. The first-order chi connectivity index (χ1) is 9.52. The van der Waals surface area contributed by atoms with Crippen molar-refractivity contribution in [1.82, 2.24) is 4.90 Å². The van der Waals surface area contributed by atoms with Crippen LogP contribution < -0.4 is 5.73 Å². The van der Waals surface area contributed by atoms with Gasteiger partial charge >= 0.3 is 0 Å². The minimum Gasteiger partial charge on any atom is -0.455 e. The second-order valence-electron chi connectivity index (χ2n) is 4.61. The number of hydrogen-bond donors (Lipinski definition) is 1. The van der Waals surface area contributed by atoms with E-state index >= 15 is 0 Å². The number of nitrogens with zero attached hydrogens (tertiary/aromatic N) is 1. The summed E-state index contributed by atoms with van der Waals surface area (Å²) in [5.41, 5.74) is 6.30. The SMILES string of the molecule is CC(c1ccc(F)cc1)N(C)C(=O)c1ccc(CN)o1. The maximum Gasteiger partial charge on any atom is 0.289 e. The van der Waals surface area contributed by atoms with Crippen molar-refractivity contribution < 1.29 is 13.6 Å². The molecular weight excluding hydrogens is 259 g/mol. The van der Waals surface area contributed by atoms with Crippen LogP contribution in [0, 0.1) is 5.82 Å². The van der Waals surface area contributed by atoms with Crippen LogP contribution in [0.3, 0.4) is 0 Å². The van der Waals surface area contributed by atoms with Gasteiger partial charge in [-0.3, -0.25) is 4.79 Å². The van der Waals surface area contributed by atoms with Gasteiger partial charge in [-0.15, -0.1) is 0 Å². The van der Waals surface area contributed by atoms with E-state index in [9.17, 15) is 9.18 Å². The molecule has 2 N–H and O–H groups in total. The average Bonchev–Trinajstić information content (AvgIpc) is 2.94. The molecule has 4 nitrogen and oxygen atoms in total. The average molecular weight is 276 g/mol. The molecule has 0 aliphatic rings. The zero-order chi connectivity index (χ0) is 14.7. The van der Waals surface area contributed by atoms with Gasteiger partial charge in [0.1, 0.15) is 11.6 Å². The highest BCUT2D eigenvalue weighted by molar-refractivity contribution is 5.91. The van der Waals surface area contributed by atoms with E-state index in [1.165, 1.54) is 12.1 Å². The molecule has 0 aliphatic carbocycles. The lowest BCUT2D eigenvalue weighted by molar-refractivity contribution is 0.0708. The molecule has 0 bridgehead atoms. The van der Waals surface area contributed by atoms with Crippen molar-refractivity contribution in [2.45, 2.75) is 19.5 Å². The molecule has 1 aromatic heterocycles. The first-order valence-electron chi connectivity index (χ1n) is 6.34. The van der Waals surface area contributed by atoms with Crippen molar-refractivity contribution in [3.8, 4) is 0 Å². The Morgan fingerprint density at radius 2 is 1.95 bits per heavy atom. The van der Waals surface area contributed by atoms with Gasteiger partial charge in [-0.2, -0.15) is 0 Å². The third-order valence-electron chi connectivity index (χ3n) is 3.33. The van der Waals surface area contributed by atoms with Crippen LogP contribution in [0.4, 0.5) is 4.39 Å². The molecule has 2 aromatic rings. The minimum absolute atomic E-state index is 0.186. The van der Waals surface area contributed by atoms with Gasteiger partial charge in [0.05, 0.1) is 12.6 Å². The van der Waals surface area contributed by atoms with Gasteiger partial charge in [-0.05, 0) is 36.8 Å². The van der Waals surface area contributed by atoms with Crippen LogP contribution in [0.25, 0.3) is 0 Å². The van der Waals surface area contributed by atoms with Crippen molar-refractivity contribution in [3.63, 3.8) is 0 Å². The largest absolute Gasteiger partial charge is 0.455 e. The Hall–Kier alpha value is -2.14. The highest BCUT2D eigenvalue weighted by Crippen LogP contribution is 2.21. The van der Waals surface area contributed by atoms with Crippen molar-refractivity contribution >= 4 is 5.91 Å². The monoisotopic (exact) mass is 276 g/mol. The first-order valence-corrected chi connectivity index (χ1v) is 6.34. The third-order valence-corrected chi connectivity index (χ3v) is 3.33. The Balaban J connectivity index is 2.15. The number of rotatable bonds is 4. The van der Waals surface area contributed by atoms with Crippen molar-refractivity contribution in [1.29, 1.82) is 0 Å². The van der Waals surface area contributed by atoms with Gasteiger partial charge in [0.25, 0.3) is 5.91 Å². The number of hydrogen-bond acceptors (Lipinski definition) is 3. The topological polar surface area (TPSA) is 59.5 Å². The summed E-state index contributed by atoms with van der Waals surface area (Å²) in [6.07, 6.45) is 0. The van der Waals surface area contributed by atoms with E-state index in [1.807, 2.05) is 6.92 Å². The molecule has 0 spiro atoms. The summed E-state index contributed by atoms with van der Waals surface area (Å²) in [6.45, 7) is 2.13. The molecule has 106 valence electrons. The summed E-state index contributed by atoms with van der Waals surface area (Å²) in [5.74, 6) is 0.285. The van der Waals surface area contributed by atoms with Crippen LogP contribution in [0.15, 0.2) is 40.8 Å². The predicted octanol–water partition coefficient (Wildman–Crippen LogP) is 2.71. The second-order valence-corrected chi connectivity index (χ2v) is 4.61. The van der Waals surface area contributed by atoms with Crippen molar-refractivity contribution in [3.05, 3.63) is 59.3 Å². The van der Waals surface area contributed by atoms with E-state index in [4.69, 9.17) is 10.2 Å². The highest BCUT2D eigenvalue weighted by Gasteiger charge is 2.21. The van der Waals surface area contributed by atoms with Crippen LogP contribution >= 0.6 is 0 Å². The zero-order valence-electron chi connectivity index (χ0n) is 11.5. The molecule has 0 saturated heterocycles. The number of carbonyl (C=O) groups is 1. The van der Waals surface area contributed by atoms with E-state index in [-0.39, 0.29) is 30.1 Å². The lowest BCUT2D eigenvalue weighted by Crippen LogP contribution is -2.29. The van der Waals surface area contributed by atoms with Crippen LogP contribution in [-0.2, 0) is 6.54 Å². The second kappa shape index (κ2) is 5.88. The van der Waals surface area contributed by atoms with E-state index in [0.29, 0.717) is 5.76 Å². The summed E-state index contributed by atoms with van der Waals surface area (Å²) in [7, 11) is 1.68. The molecule has 1 atom stereocenters. The summed E-state index contributed by atoms with van der Waals surface area (Å²) >= 11 is 0. The molecule has 1 unspecified atom stereocenters. The third kappa shape index (κ3) is 2.88. The first kappa shape index (κ1) is 14.3. The van der Waals surface area contributed by atoms with Gasteiger partial charge in [-0.25, -0.2) is 4.39 Å². The number of carbonyl (C=O) groups excluding carboxylic acids is 1. The molecule has 1 heterocycles. The molecule has 1 amide bonds. The number of furan rings is 1. The predicted molar refractivity (Wildman–Crippen MR) is 73.5 cm³/mol. The van der Waals surface area contributed by atoms with Crippen LogP contribution in [0.2, 0.25) is 0 Å². The Kier molecular flexibility index (Phi) is 4.20. The summed E-state index contributed by atoms with van der Waals surface area (Å²) in [5, 5.41) is 0. The molecule has 0 saturated carbocycles. The fraction of sp³-hybridized carbons (Fsp3) is 0.267. The molecule has 20 heavy (non-hydrogen) atoms. The molecular formula is C15H17FN2O2. The molecule has 0 radical (unpaired) electrons. The van der Waals surface area contributed by atoms with Crippen molar-refractivity contribution in [2.75, 3.05) is 7.05 Å².